The van der Waals surface area contributed by atoms with Crippen LogP contribution in [0.3, 0.4) is 0 Å². The highest BCUT2D eigenvalue weighted by Crippen LogP contribution is 2.36. The number of aromatic amines is 1. The van der Waals surface area contributed by atoms with E-state index in [0.29, 0.717) is 13.0 Å². The molecular weight excluding hydrogens is 310 g/mol. The third-order valence-corrected chi connectivity index (χ3v) is 3.13. The standard InChI is InChI=1S/C14H12F6N2/c15-13(16,17)11-6-10(7-12(8-11)14(18,19)20)2-1-4-22-5-3-21-9-22/h3,5-9H,1-2,4H2/p+1. The van der Waals surface area contributed by atoms with Gasteiger partial charge in [0.1, 0.15) is 12.4 Å². The van der Waals surface area contributed by atoms with E-state index >= 15 is 0 Å². The van der Waals surface area contributed by atoms with E-state index in [2.05, 4.69) is 4.98 Å². The number of H-pyrrole nitrogens is 1. The number of aryl methyl sites for hydroxylation is 2. The highest BCUT2D eigenvalue weighted by Gasteiger charge is 2.36. The number of alkyl halides is 6. The van der Waals surface area contributed by atoms with Crippen molar-refractivity contribution in [2.24, 2.45) is 0 Å². The molecule has 8 heteroatoms. The van der Waals surface area contributed by atoms with Crippen molar-refractivity contribution in [3.05, 3.63) is 53.6 Å². The van der Waals surface area contributed by atoms with Gasteiger partial charge in [0, 0.05) is 0 Å². The zero-order chi connectivity index (χ0) is 16.4. The SMILES string of the molecule is FC(F)(F)c1cc(CCC[n+]2cc[nH]c2)cc(C(F)(F)F)c1. The van der Waals surface area contributed by atoms with Crippen LogP contribution in [0.5, 0.6) is 0 Å². The second kappa shape index (κ2) is 6.02. The Balaban J connectivity index is 2.18. The van der Waals surface area contributed by atoms with Crippen molar-refractivity contribution in [1.82, 2.24) is 4.98 Å². The fourth-order valence-corrected chi connectivity index (χ4v) is 2.09. The van der Waals surface area contributed by atoms with E-state index in [1.165, 1.54) is 0 Å². The number of rotatable bonds is 4. The van der Waals surface area contributed by atoms with Gasteiger partial charge in [0.25, 0.3) is 0 Å². The van der Waals surface area contributed by atoms with Gasteiger partial charge in [-0.05, 0) is 36.6 Å². The summed E-state index contributed by atoms with van der Waals surface area (Å²) in [5.74, 6) is 0. The van der Waals surface area contributed by atoms with Crippen LogP contribution in [0, 0.1) is 0 Å². The Morgan fingerprint density at radius 2 is 1.50 bits per heavy atom. The Labute approximate surface area is 122 Å². The van der Waals surface area contributed by atoms with E-state index in [0.717, 1.165) is 12.1 Å². The fourth-order valence-electron chi connectivity index (χ4n) is 2.09. The first kappa shape index (κ1) is 16.4. The van der Waals surface area contributed by atoms with Crippen LogP contribution in [0.15, 0.2) is 36.9 Å². The third kappa shape index (κ3) is 4.25. The predicted octanol–water partition coefficient (Wildman–Crippen LogP) is 3.97. The van der Waals surface area contributed by atoms with Crippen molar-refractivity contribution in [2.45, 2.75) is 31.7 Å². The zero-order valence-corrected chi connectivity index (χ0v) is 11.3. The maximum Gasteiger partial charge on any atom is 0.416 e. The van der Waals surface area contributed by atoms with E-state index in [1.807, 2.05) is 0 Å². The Morgan fingerprint density at radius 3 is 1.95 bits per heavy atom. The quantitative estimate of drug-likeness (QED) is 0.649. The van der Waals surface area contributed by atoms with Crippen LogP contribution < -0.4 is 4.57 Å². The number of aromatic nitrogens is 2. The molecule has 0 saturated heterocycles. The molecule has 0 spiro atoms. The molecule has 0 atom stereocenters. The molecular formula is C14H13F6N2+. The summed E-state index contributed by atoms with van der Waals surface area (Å²) in [6, 6.07) is 1.69. The third-order valence-electron chi connectivity index (χ3n) is 3.13. The molecule has 1 N–H and O–H groups in total. The predicted molar refractivity (Wildman–Crippen MR) is 65.8 cm³/mol. The van der Waals surface area contributed by atoms with E-state index < -0.39 is 23.5 Å². The smallest absolute Gasteiger partial charge is 0.250 e. The maximum atomic E-state index is 12.7. The van der Waals surface area contributed by atoms with Crippen molar-refractivity contribution >= 4 is 0 Å². The average Bonchev–Trinajstić information content (AvgIpc) is 2.89. The molecule has 2 aromatic rings. The average molecular weight is 323 g/mol. The topological polar surface area (TPSA) is 19.7 Å². The minimum atomic E-state index is -4.80. The monoisotopic (exact) mass is 323 g/mol. The molecule has 2 nitrogen and oxygen atoms in total. The van der Waals surface area contributed by atoms with Crippen LogP contribution in [0.4, 0.5) is 26.3 Å². The van der Waals surface area contributed by atoms with E-state index in [4.69, 9.17) is 0 Å². The van der Waals surface area contributed by atoms with E-state index in [9.17, 15) is 26.3 Å². The van der Waals surface area contributed by atoms with Crippen LogP contribution in [-0.4, -0.2) is 4.98 Å². The molecule has 0 fully saturated rings. The van der Waals surface area contributed by atoms with Gasteiger partial charge in [-0.1, -0.05) is 0 Å². The van der Waals surface area contributed by atoms with Gasteiger partial charge in [-0.25, -0.2) is 4.57 Å². The Bertz CT molecular complexity index is 581. The van der Waals surface area contributed by atoms with Gasteiger partial charge in [-0.2, -0.15) is 26.3 Å². The van der Waals surface area contributed by atoms with Gasteiger partial charge in [0.05, 0.1) is 17.7 Å². The summed E-state index contributed by atoms with van der Waals surface area (Å²) in [5, 5.41) is 0. The van der Waals surface area contributed by atoms with Crippen LogP contribution in [-0.2, 0) is 25.3 Å². The Hall–Kier alpha value is -1.99. The van der Waals surface area contributed by atoms with Gasteiger partial charge >= 0.3 is 12.4 Å². The summed E-state index contributed by atoms with van der Waals surface area (Å²) in [7, 11) is 0. The minimum Gasteiger partial charge on any atom is -0.250 e. The molecule has 22 heavy (non-hydrogen) atoms. The normalized spacial score (nSPS) is 12.6. The molecule has 0 amide bonds. The van der Waals surface area contributed by atoms with Gasteiger partial charge in [0.2, 0.25) is 6.33 Å². The summed E-state index contributed by atoms with van der Waals surface area (Å²) in [4.78, 5) is 2.80. The van der Waals surface area contributed by atoms with Crippen LogP contribution in [0.1, 0.15) is 23.1 Å². The highest BCUT2D eigenvalue weighted by atomic mass is 19.4. The lowest BCUT2D eigenvalue weighted by Gasteiger charge is -2.14. The maximum absolute atomic E-state index is 12.7. The minimum absolute atomic E-state index is 0.0262. The van der Waals surface area contributed by atoms with Crippen molar-refractivity contribution in [1.29, 1.82) is 0 Å². The lowest BCUT2D eigenvalue weighted by atomic mass is 10.0. The number of halogens is 6. The van der Waals surface area contributed by atoms with Gasteiger partial charge in [-0.15, -0.1) is 0 Å². The van der Waals surface area contributed by atoms with Gasteiger partial charge in [0.15, 0.2) is 0 Å². The van der Waals surface area contributed by atoms with Gasteiger partial charge < -0.3 is 0 Å². The molecule has 0 bridgehead atoms. The summed E-state index contributed by atoms with van der Waals surface area (Å²) in [5.41, 5.74) is -2.52. The molecule has 1 heterocycles. The van der Waals surface area contributed by atoms with Crippen LogP contribution in [0.25, 0.3) is 0 Å². The Morgan fingerprint density at radius 1 is 0.909 bits per heavy atom. The zero-order valence-electron chi connectivity index (χ0n) is 11.3. The summed E-state index contributed by atoms with van der Waals surface area (Å²) >= 11 is 0. The highest BCUT2D eigenvalue weighted by molar-refractivity contribution is 5.33. The molecule has 1 aromatic carbocycles. The second-order valence-corrected chi connectivity index (χ2v) is 4.87. The lowest BCUT2D eigenvalue weighted by Crippen LogP contribution is -2.30. The van der Waals surface area contributed by atoms with Crippen molar-refractivity contribution in [3.8, 4) is 0 Å². The number of nitrogens with zero attached hydrogens (tertiary/aromatic N) is 1. The molecule has 0 radical (unpaired) electrons. The Kier molecular flexibility index (Phi) is 4.48. The summed E-state index contributed by atoms with van der Waals surface area (Å²) in [6.45, 7) is 0.501. The number of benzene rings is 1. The molecule has 0 aliphatic rings. The molecule has 0 aliphatic carbocycles. The van der Waals surface area contributed by atoms with Crippen molar-refractivity contribution < 1.29 is 30.9 Å². The van der Waals surface area contributed by atoms with E-state index in [1.54, 1.807) is 23.3 Å². The molecule has 0 aliphatic heterocycles. The first-order valence-corrected chi connectivity index (χ1v) is 6.46. The van der Waals surface area contributed by atoms with Crippen LogP contribution >= 0.6 is 0 Å². The number of imidazole rings is 1. The molecule has 120 valence electrons. The van der Waals surface area contributed by atoms with Crippen molar-refractivity contribution in [3.63, 3.8) is 0 Å². The molecule has 0 unspecified atom stereocenters. The second-order valence-electron chi connectivity index (χ2n) is 4.87. The summed E-state index contributed by atoms with van der Waals surface area (Å²) < 4.78 is 78.0. The molecule has 2 rings (SSSR count). The first-order chi connectivity index (χ1) is 10.2. The molecule has 0 saturated carbocycles. The summed E-state index contributed by atoms with van der Waals surface area (Å²) in [6.07, 6.45) is -3.98. The van der Waals surface area contributed by atoms with Gasteiger partial charge in [-0.3, -0.25) is 4.98 Å². The fraction of sp³-hybridized carbons (Fsp3) is 0.357. The van der Waals surface area contributed by atoms with Crippen LogP contribution in [0.2, 0.25) is 0 Å². The lowest BCUT2D eigenvalue weighted by molar-refractivity contribution is -0.696. The number of hydrogen-bond donors (Lipinski definition) is 1. The first-order valence-electron chi connectivity index (χ1n) is 6.46. The van der Waals surface area contributed by atoms with E-state index in [-0.39, 0.29) is 18.1 Å². The molecule has 1 aromatic heterocycles. The number of nitrogens with one attached hydrogen (secondary N) is 1. The van der Waals surface area contributed by atoms with Crippen molar-refractivity contribution in [2.75, 3.05) is 0 Å². The largest absolute Gasteiger partial charge is 0.416 e. The number of hydrogen-bond acceptors (Lipinski definition) is 0.